The van der Waals surface area contributed by atoms with E-state index in [1.54, 1.807) is 18.2 Å². The van der Waals surface area contributed by atoms with Crippen molar-refractivity contribution >= 4 is 28.9 Å². The second-order valence-corrected chi connectivity index (χ2v) is 6.13. The lowest BCUT2D eigenvalue weighted by Crippen LogP contribution is -2.34. The Morgan fingerprint density at radius 3 is 2.81 bits per heavy atom. The van der Waals surface area contributed by atoms with Crippen molar-refractivity contribution in [3.8, 4) is 0 Å². The average molecular weight is 310 g/mol. The van der Waals surface area contributed by atoms with Crippen LogP contribution in [0.5, 0.6) is 0 Å². The molecule has 1 saturated carbocycles. The van der Waals surface area contributed by atoms with Gasteiger partial charge in [-0.3, -0.25) is 4.79 Å². The molecule has 2 rings (SSSR count). The summed E-state index contributed by atoms with van der Waals surface area (Å²) < 4.78 is 0. The predicted octanol–water partition coefficient (Wildman–Crippen LogP) is 3.37. The van der Waals surface area contributed by atoms with Crippen LogP contribution in [0.1, 0.15) is 32.6 Å². The van der Waals surface area contributed by atoms with E-state index in [0.29, 0.717) is 22.8 Å². The van der Waals surface area contributed by atoms with Crippen molar-refractivity contribution in [2.75, 3.05) is 30.7 Å². The third-order valence-corrected chi connectivity index (χ3v) is 4.42. The van der Waals surface area contributed by atoms with E-state index in [0.717, 1.165) is 25.6 Å². The number of rotatable bonds is 7. The van der Waals surface area contributed by atoms with Gasteiger partial charge >= 0.3 is 0 Å². The molecule has 1 amide bonds. The first-order valence-electron chi connectivity index (χ1n) is 7.65. The van der Waals surface area contributed by atoms with E-state index in [1.807, 2.05) is 0 Å². The fourth-order valence-electron chi connectivity index (χ4n) is 2.52. The molecule has 0 unspecified atom stereocenters. The van der Waals surface area contributed by atoms with E-state index >= 15 is 0 Å². The Bertz CT molecular complexity index is 488. The highest BCUT2D eigenvalue weighted by Gasteiger charge is 2.20. The summed E-state index contributed by atoms with van der Waals surface area (Å²) in [5, 5.41) is 3.32. The Morgan fingerprint density at radius 2 is 2.24 bits per heavy atom. The molecular formula is C16H24ClN3O. The van der Waals surface area contributed by atoms with Crippen molar-refractivity contribution in [1.29, 1.82) is 0 Å². The summed E-state index contributed by atoms with van der Waals surface area (Å²) in [5.41, 5.74) is 6.85. The minimum Gasteiger partial charge on any atom is -0.399 e. The van der Waals surface area contributed by atoms with Crippen molar-refractivity contribution in [1.82, 2.24) is 4.90 Å². The van der Waals surface area contributed by atoms with E-state index in [-0.39, 0.29) is 5.91 Å². The largest absolute Gasteiger partial charge is 0.399 e. The normalized spacial score (nSPS) is 15.0. The van der Waals surface area contributed by atoms with E-state index in [2.05, 4.69) is 17.1 Å². The Labute approximate surface area is 131 Å². The van der Waals surface area contributed by atoms with Gasteiger partial charge in [-0.25, -0.2) is 0 Å². The van der Waals surface area contributed by atoms with Crippen LogP contribution in [0.4, 0.5) is 11.4 Å². The molecule has 1 aromatic carbocycles. The summed E-state index contributed by atoms with van der Waals surface area (Å²) >= 11 is 6.05. The zero-order valence-corrected chi connectivity index (χ0v) is 13.3. The number of benzene rings is 1. The molecule has 1 aliphatic rings. The van der Waals surface area contributed by atoms with Crippen LogP contribution in [-0.4, -0.2) is 30.4 Å². The minimum atomic E-state index is -0.00580. The molecule has 0 atom stereocenters. The summed E-state index contributed by atoms with van der Waals surface area (Å²) in [6.45, 7) is 5.05. The fourth-order valence-corrected chi connectivity index (χ4v) is 2.76. The molecule has 0 aliphatic heterocycles. The number of carbonyl (C=O) groups excluding carboxylic acids is 1. The Hall–Kier alpha value is -1.26. The van der Waals surface area contributed by atoms with Gasteiger partial charge in [-0.05, 0) is 43.5 Å². The number of hydrogen-bond donors (Lipinski definition) is 2. The number of carbonyl (C=O) groups is 1. The van der Waals surface area contributed by atoms with Gasteiger partial charge in [0.15, 0.2) is 0 Å². The Balaban J connectivity index is 1.77. The maximum Gasteiger partial charge on any atom is 0.225 e. The van der Waals surface area contributed by atoms with Crippen molar-refractivity contribution in [2.24, 2.45) is 5.92 Å². The fraction of sp³-hybridized carbons (Fsp3) is 0.562. The molecule has 3 N–H and O–H groups in total. The van der Waals surface area contributed by atoms with Gasteiger partial charge in [-0.2, -0.15) is 0 Å². The minimum absolute atomic E-state index is 0.00580. The van der Waals surface area contributed by atoms with Gasteiger partial charge in [-0.1, -0.05) is 24.9 Å². The van der Waals surface area contributed by atoms with Crippen molar-refractivity contribution in [2.45, 2.75) is 32.6 Å². The van der Waals surface area contributed by atoms with E-state index < -0.39 is 0 Å². The van der Waals surface area contributed by atoms with Crippen LogP contribution in [0.15, 0.2) is 18.2 Å². The summed E-state index contributed by atoms with van der Waals surface area (Å²) in [5.74, 6) is 0.827. The topological polar surface area (TPSA) is 58.4 Å². The number of nitrogens with zero attached hydrogens (tertiary/aromatic N) is 1. The van der Waals surface area contributed by atoms with Crippen LogP contribution >= 0.6 is 11.6 Å². The van der Waals surface area contributed by atoms with Gasteiger partial charge in [0.25, 0.3) is 0 Å². The number of anilines is 2. The SMILES string of the molecule is CCN(CCC(=O)Nc1ccc(N)cc1Cl)CC1CCC1. The van der Waals surface area contributed by atoms with Crippen LogP contribution in [0.25, 0.3) is 0 Å². The average Bonchev–Trinajstić information content (AvgIpc) is 2.40. The maximum absolute atomic E-state index is 12.0. The van der Waals surface area contributed by atoms with Crippen LogP contribution < -0.4 is 11.1 Å². The van der Waals surface area contributed by atoms with Gasteiger partial charge in [0.2, 0.25) is 5.91 Å². The van der Waals surface area contributed by atoms with Gasteiger partial charge in [0.05, 0.1) is 10.7 Å². The molecule has 0 heterocycles. The van der Waals surface area contributed by atoms with Crippen molar-refractivity contribution in [3.05, 3.63) is 23.2 Å². The van der Waals surface area contributed by atoms with Crippen molar-refractivity contribution < 1.29 is 4.79 Å². The highest BCUT2D eigenvalue weighted by molar-refractivity contribution is 6.34. The van der Waals surface area contributed by atoms with Gasteiger partial charge in [0.1, 0.15) is 0 Å². The molecule has 0 spiro atoms. The standard InChI is InChI=1S/C16H24ClN3O/c1-2-20(11-12-4-3-5-12)9-8-16(21)19-15-7-6-13(18)10-14(15)17/h6-7,10,12H,2-5,8-9,11,18H2,1H3,(H,19,21). The Morgan fingerprint density at radius 1 is 1.48 bits per heavy atom. The molecule has 1 aromatic rings. The molecule has 4 nitrogen and oxygen atoms in total. The number of nitrogen functional groups attached to an aromatic ring is 1. The summed E-state index contributed by atoms with van der Waals surface area (Å²) in [7, 11) is 0. The monoisotopic (exact) mass is 309 g/mol. The summed E-state index contributed by atoms with van der Waals surface area (Å²) in [6.07, 6.45) is 4.52. The number of amides is 1. The third kappa shape index (κ3) is 4.90. The zero-order chi connectivity index (χ0) is 15.2. The number of nitrogens with one attached hydrogen (secondary N) is 1. The maximum atomic E-state index is 12.0. The Kier molecular flexibility index (Phi) is 5.88. The molecular weight excluding hydrogens is 286 g/mol. The van der Waals surface area contributed by atoms with Crippen LogP contribution in [0.3, 0.4) is 0 Å². The first-order chi connectivity index (χ1) is 10.1. The molecule has 0 radical (unpaired) electrons. The lowest BCUT2D eigenvalue weighted by Gasteiger charge is -2.31. The van der Waals surface area contributed by atoms with E-state index in [9.17, 15) is 4.79 Å². The highest BCUT2D eigenvalue weighted by Crippen LogP contribution is 2.27. The van der Waals surface area contributed by atoms with Gasteiger partial charge < -0.3 is 16.0 Å². The zero-order valence-electron chi connectivity index (χ0n) is 12.6. The van der Waals surface area contributed by atoms with Crippen molar-refractivity contribution in [3.63, 3.8) is 0 Å². The second kappa shape index (κ2) is 7.66. The summed E-state index contributed by atoms with van der Waals surface area (Å²) in [6, 6.07) is 5.12. The summed E-state index contributed by atoms with van der Waals surface area (Å²) in [4.78, 5) is 14.4. The molecule has 1 aliphatic carbocycles. The molecule has 116 valence electrons. The quantitative estimate of drug-likeness (QED) is 0.759. The van der Waals surface area contributed by atoms with Crippen LogP contribution in [-0.2, 0) is 4.79 Å². The smallest absolute Gasteiger partial charge is 0.225 e. The third-order valence-electron chi connectivity index (χ3n) is 4.11. The van der Waals surface area contributed by atoms with Crippen LogP contribution in [0, 0.1) is 5.92 Å². The highest BCUT2D eigenvalue weighted by atomic mass is 35.5. The van der Waals surface area contributed by atoms with Gasteiger partial charge in [0, 0.05) is 25.2 Å². The van der Waals surface area contributed by atoms with E-state index in [4.69, 9.17) is 17.3 Å². The molecule has 0 aromatic heterocycles. The number of nitrogens with two attached hydrogens (primary N) is 1. The molecule has 0 saturated heterocycles. The van der Waals surface area contributed by atoms with Gasteiger partial charge in [-0.15, -0.1) is 0 Å². The predicted molar refractivity (Wildman–Crippen MR) is 88.6 cm³/mol. The lowest BCUT2D eigenvalue weighted by molar-refractivity contribution is -0.116. The molecule has 21 heavy (non-hydrogen) atoms. The second-order valence-electron chi connectivity index (χ2n) is 5.73. The molecule has 0 bridgehead atoms. The van der Waals surface area contributed by atoms with E-state index in [1.165, 1.54) is 19.3 Å². The first-order valence-corrected chi connectivity index (χ1v) is 8.03. The first kappa shape index (κ1) is 16.1. The number of halogens is 1. The van der Waals surface area contributed by atoms with Crippen LogP contribution in [0.2, 0.25) is 5.02 Å². The number of hydrogen-bond acceptors (Lipinski definition) is 3. The molecule has 1 fully saturated rings. The lowest BCUT2D eigenvalue weighted by atomic mass is 9.85. The molecule has 5 heteroatoms.